The molecular weight excluding hydrogens is 374 g/mol. The van der Waals surface area contributed by atoms with Gasteiger partial charge in [-0.05, 0) is 56.2 Å². The lowest BCUT2D eigenvalue weighted by molar-refractivity contribution is 0.0655. The predicted molar refractivity (Wildman–Crippen MR) is 118 cm³/mol. The SMILES string of the molecule is CC(=O)c1ccc(-c2ccc(C(=O)N3CCC(CCc4ccccc4)CC3)o2)cc1. The fourth-order valence-corrected chi connectivity index (χ4v) is 4.07. The van der Waals surface area contributed by atoms with Gasteiger partial charge >= 0.3 is 0 Å². The quantitative estimate of drug-likeness (QED) is 0.503. The highest BCUT2D eigenvalue weighted by atomic mass is 16.4. The van der Waals surface area contributed by atoms with Crippen molar-refractivity contribution in [3.63, 3.8) is 0 Å². The van der Waals surface area contributed by atoms with E-state index in [4.69, 9.17) is 4.42 Å². The van der Waals surface area contributed by atoms with Gasteiger partial charge in [-0.25, -0.2) is 0 Å². The molecule has 30 heavy (non-hydrogen) atoms. The van der Waals surface area contributed by atoms with E-state index in [1.807, 2.05) is 23.1 Å². The van der Waals surface area contributed by atoms with E-state index < -0.39 is 0 Å². The zero-order valence-corrected chi connectivity index (χ0v) is 17.3. The number of furan rings is 1. The number of rotatable bonds is 6. The molecule has 4 rings (SSSR count). The molecule has 0 atom stereocenters. The van der Waals surface area contributed by atoms with E-state index in [0.717, 1.165) is 37.9 Å². The van der Waals surface area contributed by atoms with Crippen molar-refractivity contribution in [2.45, 2.75) is 32.6 Å². The maximum absolute atomic E-state index is 12.9. The fourth-order valence-electron chi connectivity index (χ4n) is 4.07. The van der Waals surface area contributed by atoms with Crippen LogP contribution in [0.4, 0.5) is 0 Å². The van der Waals surface area contributed by atoms with Gasteiger partial charge in [0.15, 0.2) is 11.5 Å². The Morgan fingerprint density at radius 3 is 2.30 bits per heavy atom. The first-order chi connectivity index (χ1) is 14.6. The molecule has 0 bridgehead atoms. The van der Waals surface area contributed by atoms with Gasteiger partial charge in [0.1, 0.15) is 5.76 Å². The molecule has 0 unspecified atom stereocenters. The summed E-state index contributed by atoms with van der Waals surface area (Å²) in [4.78, 5) is 26.2. The smallest absolute Gasteiger partial charge is 0.289 e. The van der Waals surface area contributed by atoms with E-state index in [1.165, 1.54) is 12.0 Å². The van der Waals surface area contributed by atoms with Gasteiger partial charge in [0.25, 0.3) is 5.91 Å². The number of hydrogen-bond donors (Lipinski definition) is 0. The monoisotopic (exact) mass is 401 g/mol. The summed E-state index contributed by atoms with van der Waals surface area (Å²) in [7, 11) is 0. The molecule has 1 amide bonds. The molecule has 154 valence electrons. The number of aryl methyl sites for hydroxylation is 1. The number of ketones is 1. The summed E-state index contributed by atoms with van der Waals surface area (Å²) in [6.45, 7) is 3.10. The number of hydrogen-bond acceptors (Lipinski definition) is 3. The van der Waals surface area contributed by atoms with Gasteiger partial charge in [-0.3, -0.25) is 9.59 Å². The van der Waals surface area contributed by atoms with Crippen molar-refractivity contribution in [3.8, 4) is 11.3 Å². The molecule has 0 aliphatic carbocycles. The zero-order chi connectivity index (χ0) is 20.9. The third kappa shape index (κ3) is 4.70. The molecule has 1 aliphatic rings. The third-order valence-electron chi connectivity index (χ3n) is 5.98. The van der Waals surface area contributed by atoms with E-state index in [1.54, 1.807) is 25.1 Å². The number of nitrogens with zero attached hydrogens (tertiary/aromatic N) is 1. The maximum atomic E-state index is 12.9. The van der Waals surface area contributed by atoms with Crippen LogP contribution in [-0.2, 0) is 6.42 Å². The van der Waals surface area contributed by atoms with Gasteiger partial charge in [-0.15, -0.1) is 0 Å². The Kier molecular flexibility index (Phi) is 6.12. The van der Waals surface area contributed by atoms with Gasteiger partial charge in [0, 0.05) is 24.2 Å². The minimum absolute atomic E-state index is 0.0315. The van der Waals surface area contributed by atoms with Crippen LogP contribution in [0.1, 0.15) is 52.7 Å². The first-order valence-electron chi connectivity index (χ1n) is 10.6. The summed E-state index contributed by atoms with van der Waals surface area (Å²) in [5.74, 6) is 1.68. The lowest BCUT2D eigenvalue weighted by Crippen LogP contribution is -2.38. The molecule has 1 aliphatic heterocycles. The molecule has 2 aromatic carbocycles. The summed E-state index contributed by atoms with van der Waals surface area (Å²) in [6.07, 6.45) is 4.36. The molecule has 0 saturated carbocycles. The summed E-state index contributed by atoms with van der Waals surface area (Å²) in [5.41, 5.74) is 2.91. The largest absolute Gasteiger partial charge is 0.451 e. The molecule has 2 heterocycles. The molecule has 4 nitrogen and oxygen atoms in total. The summed E-state index contributed by atoms with van der Waals surface area (Å²) >= 11 is 0. The van der Waals surface area contributed by atoms with E-state index in [9.17, 15) is 9.59 Å². The Morgan fingerprint density at radius 2 is 1.63 bits per heavy atom. The van der Waals surface area contributed by atoms with Crippen molar-refractivity contribution in [3.05, 3.63) is 83.6 Å². The lowest BCUT2D eigenvalue weighted by atomic mass is 9.90. The second kappa shape index (κ2) is 9.12. The van der Waals surface area contributed by atoms with Gasteiger partial charge < -0.3 is 9.32 Å². The van der Waals surface area contributed by atoms with Crippen LogP contribution in [0.25, 0.3) is 11.3 Å². The molecule has 0 radical (unpaired) electrons. The van der Waals surface area contributed by atoms with Gasteiger partial charge in [-0.2, -0.15) is 0 Å². The second-order valence-electron chi connectivity index (χ2n) is 8.06. The van der Waals surface area contributed by atoms with Crippen molar-refractivity contribution in [2.24, 2.45) is 5.92 Å². The van der Waals surface area contributed by atoms with Crippen molar-refractivity contribution < 1.29 is 14.0 Å². The van der Waals surface area contributed by atoms with Crippen LogP contribution >= 0.6 is 0 Å². The normalized spacial score (nSPS) is 14.6. The molecular formula is C26H27NO3. The van der Waals surface area contributed by atoms with Crippen molar-refractivity contribution in [2.75, 3.05) is 13.1 Å². The van der Waals surface area contributed by atoms with Crippen LogP contribution in [0.15, 0.2) is 71.1 Å². The van der Waals surface area contributed by atoms with Crippen LogP contribution in [0, 0.1) is 5.92 Å². The van der Waals surface area contributed by atoms with E-state index in [0.29, 0.717) is 23.0 Å². The van der Waals surface area contributed by atoms with Crippen molar-refractivity contribution in [1.82, 2.24) is 4.90 Å². The Morgan fingerprint density at radius 1 is 0.933 bits per heavy atom. The van der Waals surface area contributed by atoms with Crippen molar-refractivity contribution in [1.29, 1.82) is 0 Å². The number of carbonyl (C=O) groups excluding carboxylic acids is 2. The minimum atomic E-state index is -0.0388. The van der Waals surface area contributed by atoms with E-state index in [-0.39, 0.29) is 11.7 Å². The number of Topliss-reactive ketones (excluding diaryl/α,β-unsaturated/α-hetero) is 1. The van der Waals surface area contributed by atoms with Gasteiger partial charge in [0.05, 0.1) is 0 Å². The number of piperidine rings is 1. The summed E-state index contributed by atoms with van der Waals surface area (Å²) in [6, 6.07) is 21.4. The number of likely N-dealkylation sites (tertiary alicyclic amines) is 1. The molecule has 3 aromatic rings. The third-order valence-corrected chi connectivity index (χ3v) is 5.98. The predicted octanol–water partition coefficient (Wildman–Crippen LogP) is 5.63. The van der Waals surface area contributed by atoms with Crippen LogP contribution < -0.4 is 0 Å². The Labute approximate surface area is 177 Å². The number of carbonyl (C=O) groups is 2. The lowest BCUT2D eigenvalue weighted by Gasteiger charge is -2.31. The number of amides is 1. The topological polar surface area (TPSA) is 50.5 Å². The number of benzene rings is 2. The highest BCUT2D eigenvalue weighted by molar-refractivity contribution is 5.94. The van der Waals surface area contributed by atoms with Crippen LogP contribution in [0.2, 0.25) is 0 Å². The van der Waals surface area contributed by atoms with Crippen LogP contribution in [-0.4, -0.2) is 29.7 Å². The Balaban J connectivity index is 1.32. The first-order valence-corrected chi connectivity index (χ1v) is 10.6. The standard InChI is InChI=1S/C26H27NO3/c1-19(28)22-9-11-23(12-10-22)24-13-14-25(30-24)26(29)27-17-15-21(16-18-27)8-7-20-5-3-2-4-6-20/h2-6,9-14,21H,7-8,15-18H2,1H3. The van der Waals surface area contributed by atoms with Crippen LogP contribution in [0.3, 0.4) is 0 Å². The average Bonchev–Trinajstić information content (AvgIpc) is 3.29. The van der Waals surface area contributed by atoms with E-state index >= 15 is 0 Å². The van der Waals surface area contributed by atoms with Gasteiger partial charge in [-0.1, -0.05) is 54.6 Å². The molecule has 4 heteroatoms. The summed E-state index contributed by atoms with van der Waals surface area (Å²) in [5, 5.41) is 0. The zero-order valence-electron chi connectivity index (χ0n) is 17.3. The molecule has 1 fully saturated rings. The van der Waals surface area contributed by atoms with E-state index in [2.05, 4.69) is 30.3 Å². The Hall–Kier alpha value is -3.14. The van der Waals surface area contributed by atoms with Crippen LogP contribution in [0.5, 0.6) is 0 Å². The molecule has 1 saturated heterocycles. The Bertz CT molecular complexity index is 996. The highest BCUT2D eigenvalue weighted by Gasteiger charge is 2.25. The second-order valence-corrected chi connectivity index (χ2v) is 8.06. The minimum Gasteiger partial charge on any atom is -0.451 e. The fraction of sp³-hybridized carbons (Fsp3) is 0.308. The van der Waals surface area contributed by atoms with Crippen molar-refractivity contribution >= 4 is 11.7 Å². The highest BCUT2D eigenvalue weighted by Crippen LogP contribution is 2.26. The average molecular weight is 402 g/mol. The molecule has 1 aromatic heterocycles. The maximum Gasteiger partial charge on any atom is 0.289 e. The first kappa shape index (κ1) is 20.1. The summed E-state index contributed by atoms with van der Waals surface area (Å²) < 4.78 is 5.84. The molecule has 0 N–H and O–H groups in total. The van der Waals surface area contributed by atoms with Gasteiger partial charge in [0.2, 0.25) is 0 Å². The molecule has 0 spiro atoms.